The Morgan fingerprint density at radius 1 is 1.50 bits per heavy atom. The van der Waals surface area contributed by atoms with Crippen molar-refractivity contribution in [3.05, 3.63) is 22.7 Å². The number of nitrogen functional groups attached to an aromatic ring is 1. The number of ether oxygens (including phenoxy) is 1. The van der Waals surface area contributed by atoms with Crippen LogP contribution in [0.2, 0.25) is 0 Å². The van der Waals surface area contributed by atoms with Gasteiger partial charge >= 0.3 is 11.8 Å². The summed E-state index contributed by atoms with van der Waals surface area (Å²) in [5.74, 6) is -0.543. The minimum atomic E-state index is -0.834. The van der Waals surface area contributed by atoms with Crippen LogP contribution in [0.25, 0.3) is 11.1 Å². The second-order valence-electron chi connectivity index (χ2n) is 3.54. The van der Waals surface area contributed by atoms with Crippen molar-refractivity contribution in [1.82, 2.24) is 4.98 Å². The molecule has 1 heterocycles. The average Bonchev–Trinajstić information content (AvgIpc) is 2.63. The third kappa shape index (κ3) is 2.54. The summed E-state index contributed by atoms with van der Waals surface area (Å²) in [7, 11) is 0. The number of primary amides is 1. The molecule has 0 bridgehead atoms. The van der Waals surface area contributed by atoms with Gasteiger partial charge in [-0.2, -0.15) is 0 Å². The average molecular weight is 252 g/mol. The van der Waals surface area contributed by atoms with Crippen LogP contribution in [0.4, 0.5) is 16.2 Å². The van der Waals surface area contributed by atoms with E-state index in [0.717, 1.165) is 0 Å². The van der Waals surface area contributed by atoms with Gasteiger partial charge in [0.15, 0.2) is 5.58 Å². The SMILES string of the molecule is NC(=O)OCCNc1cc2[nH]c(=O)oc2cc1N. The molecule has 0 radical (unpaired) electrons. The lowest BCUT2D eigenvalue weighted by Crippen LogP contribution is -2.18. The number of amides is 1. The van der Waals surface area contributed by atoms with Gasteiger partial charge in [-0.05, 0) is 6.07 Å². The molecular formula is C10H12N4O4. The highest BCUT2D eigenvalue weighted by Crippen LogP contribution is 2.23. The lowest BCUT2D eigenvalue weighted by Gasteiger charge is -2.08. The highest BCUT2D eigenvalue weighted by Gasteiger charge is 2.06. The number of hydrogen-bond acceptors (Lipinski definition) is 6. The molecule has 0 spiro atoms. The van der Waals surface area contributed by atoms with E-state index in [1.807, 2.05) is 0 Å². The number of nitrogens with one attached hydrogen (secondary N) is 2. The molecule has 0 atom stereocenters. The first-order valence-corrected chi connectivity index (χ1v) is 5.14. The van der Waals surface area contributed by atoms with E-state index in [2.05, 4.69) is 15.0 Å². The van der Waals surface area contributed by atoms with Gasteiger partial charge in [0, 0.05) is 12.6 Å². The van der Waals surface area contributed by atoms with Crippen molar-refractivity contribution >= 4 is 28.6 Å². The van der Waals surface area contributed by atoms with E-state index in [4.69, 9.17) is 15.9 Å². The van der Waals surface area contributed by atoms with E-state index < -0.39 is 11.8 Å². The molecule has 6 N–H and O–H groups in total. The summed E-state index contributed by atoms with van der Waals surface area (Å²) in [5, 5.41) is 2.95. The fourth-order valence-corrected chi connectivity index (χ4v) is 1.50. The maximum Gasteiger partial charge on any atom is 0.417 e. The van der Waals surface area contributed by atoms with Crippen molar-refractivity contribution in [2.75, 3.05) is 24.2 Å². The largest absolute Gasteiger partial charge is 0.448 e. The Hall–Kier alpha value is -2.64. The Morgan fingerprint density at radius 2 is 2.28 bits per heavy atom. The summed E-state index contributed by atoms with van der Waals surface area (Å²) in [4.78, 5) is 23.9. The summed E-state index contributed by atoms with van der Waals surface area (Å²) in [5.41, 5.74) is 12.5. The zero-order valence-corrected chi connectivity index (χ0v) is 9.36. The Morgan fingerprint density at radius 3 is 3.00 bits per heavy atom. The molecule has 8 nitrogen and oxygen atoms in total. The maximum atomic E-state index is 11.0. The molecule has 0 aliphatic heterocycles. The Bertz CT molecular complexity index is 630. The number of carbonyl (C=O) groups is 1. The van der Waals surface area contributed by atoms with Crippen LogP contribution in [0.15, 0.2) is 21.3 Å². The molecule has 0 saturated carbocycles. The van der Waals surface area contributed by atoms with Gasteiger partial charge in [0.1, 0.15) is 6.61 Å². The second-order valence-corrected chi connectivity index (χ2v) is 3.54. The number of hydrogen-bond donors (Lipinski definition) is 4. The van der Waals surface area contributed by atoms with Gasteiger partial charge in [-0.1, -0.05) is 0 Å². The molecule has 0 unspecified atom stereocenters. The molecule has 1 amide bonds. The smallest absolute Gasteiger partial charge is 0.417 e. The van der Waals surface area contributed by atoms with Crippen molar-refractivity contribution in [3.63, 3.8) is 0 Å². The van der Waals surface area contributed by atoms with Crippen LogP contribution in [0.1, 0.15) is 0 Å². The van der Waals surface area contributed by atoms with Crippen LogP contribution in [0, 0.1) is 0 Å². The standard InChI is InChI=1S/C10H12N4O4/c11-5-3-8-7(14-10(16)18-8)4-6(5)13-1-2-17-9(12)15/h3-4,13H,1-2,11H2,(H2,12,15)(H,14,16). The fourth-order valence-electron chi connectivity index (χ4n) is 1.50. The number of carbonyl (C=O) groups excluding carboxylic acids is 1. The Balaban J connectivity index is 2.10. The van der Waals surface area contributed by atoms with E-state index >= 15 is 0 Å². The van der Waals surface area contributed by atoms with Crippen molar-refractivity contribution in [2.45, 2.75) is 0 Å². The zero-order chi connectivity index (χ0) is 13.1. The molecular weight excluding hydrogens is 240 g/mol. The van der Waals surface area contributed by atoms with Gasteiger partial charge in [-0.25, -0.2) is 9.59 Å². The van der Waals surface area contributed by atoms with Gasteiger partial charge < -0.3 is 25.9 Å². The van der Waals surface area contributed by atoms with Gasteiger partial charge in [-0.3, -0.25) is 4.98 Å². The molecule has 0 aliphatic rings. The minimum absolute atomic E-state index is 0.120. The molecule has 1 aromatic carbocycles. The minimum Gasteiger partial charge on any atom is -0.448 e. The third-order valence-corrected chi connectivity index (χ3v) is 2.25. The van der Waals surface area contributed by atoms with Crippen LogP contribution in [0.5, 0.6) is 0 Å². The number of rotatable bonds is 4. The first-order chi connectivity index (χ1) is 8.56. The topological polar surface area (TPSA) is 136 Å². The van der Waals surface area contributed by atoms with E-state index in [9.17, 15) is 9.59 Å². The van der Waals surface area contributed by atoms with Crippen LogP contribution in [-0.2, 0) is 4.74 Å². The molecule has 1 aromatic heterocycles. The van der Waals surface area contributed by atoms with Crippen LogP contribution < -0.4 is 22.5 Å². The van der Waals surface area contributed by atoms with Gasteiger partial charge in [0.05, 0.1) is 16.9 Å². The number of benzene rings is 1. The first kappa shape index (κ1) is 11.8. The normalized spacial score (nSPS) is 10.4. The molecule has 2 rings (SSSR count). The Labute approximate surface area is 101 Å². The van der Waals surface area contributed by atoms with Gasteiger partial charge in [0.2, 0.25) is 0 Å². The first-order valence-electron chi connectivity index (χ1n) is 5.14. The van der Waals surface area contributed by atoms with E-state index in [1.54, 1.807) is 6.07 Å². The fraction of sp³-hybridized carbons (Fsp3) is 0.200. The lowest BCUT2D eigenvalue weighted by atomic mass is 10.2. The van der Waals surface area contributed by atoms with Crippen molar-refractivity contribution < 1.29 is 13.9 Å². The molecule has 0 saturated heterocycles. The van der Waals surface area contributed by atoms with E-state index in [0.29, 0.717) is 29.0 Å². The summed E-state index contributed by atoms with van der Waals surface area (Å²) in [6.07, 6.45) is -0.834. The summed E-state index contributed by atoms with van der Waals surface area (Å²) in [6, 6.07) is 3.17. The maximum absolute atomic E-state index is 11.0. The number of aromatic amines is 1. The summed E-state index contributed by atoms with van der Waals surface area (Å²) < 4.78 is 9.41. The van der Waals surface area contributed by atoms with Crippen LogP contribution >= 0.6 is 0 Å². The van der Waals surface area contributed by atoms with Crippen LogP contribution in [-0.4, -0.2) is 24.2 Å². The Kier molecular flexibility index (Phi) is 3.09. The highest BCUT2D eigenvalue weighted by molar-refractivity contribution is 5.85. The third-order valence-electron chi connectivity index (χ3n) is 2.25. The lowest BCUT2D eigenvalue weighted by molar-refractivity contribution is 0.161. The summed E-state index contributed by atoms with van der Waals surface area (Å²) >= 11 is 0. The number of aromatic nitrogens is 1. The van der Waals surface area contributed by atoms with Crippen molar-refractivity contribution in [3.8, 4) is 0 Å². The van der Waals surface area contributed by atoms with Crippen LogP contribution in [0.3, 0.4) is 0 Å². The van der Waals surface area contributed by atoms with Crippen molar-refractivity contribution in [1.29, 1.82) is 0 Å². The molecule has 0 fully saturated rings. The molecule has 96 valence electrons. The number of H-pyrrole nitrogens is 1. The van der Waals surface area contributed by atoms with E-state index in [-0.39, 0.29) is 6.61 Å². The molecule has 0 aliphatic carbocycles. The zero-order valence-electron chi connectivity index (χ0n) is 9.36. The van der Waals surface area contributed by atoms with Gasteiger partial charge in [-0.15, -0.1) is 0 Å². The quantitative estimate of drug-likeness (QED) is 0.453. The molecule has 2 aromatic rings. The monoisotopic (exact) mass is 252 g/mol. The number of oxazole rings is 1. The molecule has 8 heteroatoms. The van der Waals surface area contributed by atoms with E-state index in [1.165, 1.54) is 6.07 Å². The highest BCUT2D eigenvalue weighted by atomic mass is 16.5. The second kappa shape index (κ2) is 4.70. The number of anilines is 2. The van der Waals surface area contributed by atoms with Gasteiger partial charge in [0.25, 0.3) is 0 Å². The van der Waals surface area contributed by atoms with Crippen molar-refractivity contribution in [2.24, 2.45) is 5.73 Å². The number of nitrogens with two attached hydrogens (primary N) is 2. The number of fused-ring (bicyclic) bond motifs is 1. The predicted molar refractivity (Wildman–Crippen MR) is 65.3 cm³/mol. The molecule has 18 heavy (non-hydrogen) atoms. The predicted octanol–water partition coefficient (Wildman–Crippen LogP) is 0.211. The summed E-state index contributed by atoms with van der Waals surface area (Å²) in [6.45, 7) is 0.468.